The molecule has 19 heavy (non-hydrogen) atoms. The van der Waals surface area contributed by atoms with E-state index in [1.807, 2.05) is 0 Å². The number of hydrogen-bond acceptors (Lipinski definition) is 3. The number of benzene rings is 1. The van der Waals surface area contributed by atoms with Gasteiger partial charge in [0.25, 0.3) is 10.0 Å². The first-order valence-electron chi connectivity index (χ1n) is 5.28. The highest BCUT2D eigenvalue weighted by Crippen LogP contribution is 2.23. The summed E-state index contributed by atoms with van der Waals surface area (Å²) >= 11 is 2.98. The van der Waals surface area contributed by atoms with Gasteiger partial charge in [-0.2, -0.15) is 0 Å². The highest BCUT2D eigenvalue weighted by molar-refractivity contribution is 9.10. The predicted molar refractivity (Wildman–Crippen MR) is 73.9 cm³/mol. The van der Waals surface area contributed by atoms with Crippen molar-refractivity contribution >= 4 is 31.8 Å². The van der Waals surface area contributed by atoms with Crippen molar-refractivity contribution in [1.29, 1.82) is 0 Å². The lowest BCUT2D eigenvalue weighted by Crippen LogP contribution is -2.27. The summed E-state index contributed by atoms with van der Waals surface area (Å²) in [6, 6.07) is 8.59. The van der Waals surface area contributed by atoms with Crippen LogP contribution >= 0.6 is 15.9 Å². The molecule has 100 valence electrons. The van der Waals surface area contributed by atoms with Crippen molar-refractivity contribution in [2.45, 2.75) is 4.90 Å². The minimum atomic E-state index is -3.82. The van der Waals surface area contributed by atoms with Gasteiger partial charge in [-0.1, -0.05) is 6.07 Å². The first-order valence-corrected chi connectivity index (χ1v) is 7.51. The minimum Gasteiger partial charge on any atom is -0.253 e. The Morgan fingerprint density at radius 2 is 2.00 bits per heavy atom. The largest absolute Gasteiger partial charge is 0.265 e. The molecular weight excluding hydrogens is 335 g/mol. The van der Waals surface area contributed by atoms with Gasteiger partial charge in [0, 0.05) is 13.2 Å². The van der Waals surface area contributed by atoms with Crippen LogP contribution in [-0.4, -0.2) is 20.4 Å². The van der Waals surface area contributed by atoms with Crippen LogP contribution in [0.2, 0.25) is 0 Å². The third kappa shape index (κ3) is 2.76. The van der Waals surface area contributed by atoms with Gasteiger partial charge in [0.2, 0.25) is 0 Å². The first-order chi connectivity index (χ1) is 8.93. The normalized spacial score (nSPS) is 11.3. The van der Waals surface area contributed by atoms with Gasteiger partial charge >= 0.3 is 0 Å². The molecule has 0 bridgehead atoms. The van der Waals surface area contributed by atoms with E-state index in [9.17, 15) is 12.8 Å². The van der Waals surface area contributed by atoms with Crippen LogP contribution in [-0.2, 0) is 10.0 Å². The zero-order valence-electron chi connectivity index (χ0n) is 9.92. The van der Waals surface area contributed by atoms with Crippen LogP contribution < -0.4 is 4.31 Å². The predicted octanol–water partition coefficient (Wildman–Crippen LogP) is 2.81. The summed E-state index contributed by atoms with van der Waals surface area (Å²) in [4.78, 5) is 3.83. The molecule has 0 saturated carbocycles. The molecule has 0 unspecified atom stereocenters. The maximum absolute atomic E-state index is 13.4. The molecule has 1 aromatic carbocycles. The summed E-state index contributed by atoms with van der Waals surface area (Å²) in [5.41, 5.74) is 0. The number of hydrogen-bond donors (Lipinski definition) is 0. The zero-order valence-corrected chi connectivity index (χ0v) is 12.3. The van der Waals surface area contributed by atoms with Crippen molar-refractivity contribution in [2.24, 2.45) is 0 Å². The van der Waals surface area contributed by atoms with E-state index in [0.717, 1.165) is 10.4 Å². The van der Waals surface area contributed by atoms with E-state index in [0.29, 0.717) is 0 Å². The number of aromatic nitrogens is 1. The molecule has 0 radical (unpaired) electrons. The summed E-state index contributed by atoms with van der Waals surface area (Å²) in [7, 11) is -2.45. The highest BCUT2D eigenvalue weighted by Gasteiger charge is 2.22. The number of rotatable bonds is 3. The average Bonchev–Trinajstić information content (AvgIpc) is 2.41. The van der Waals surface area contributed by atoms with Gasteiger partial charge in [0.05, 0.1) is 9.37 Å². The Labute approximate surface area is 119 Å². The third-order valence-electron chi connectivity index (χ3n) is 2.52. The van der Waals surface area contributed by atoms with Crippen LogP contribution in [0.15, 0.2) is 52.0 Å². The summed E-state index contributed by atoms with van der Waals surface area (Å²) in [6.07, 6.45) is 1.49. The summed E-state index contributed by atoms with van der Waals surface area (Å²) in [6.45, 7) is 0. The summed E-state index contributed by atoms with van der Waals surface area (Å²) in [5, 5.41) is 0. The Bertz CT molecular complexity index is 692. The molecule has 4 nitrogen and oxygen atoms in total. The standard InChI is InChI=1S/C12H10BrFN2O2S/c1-16(12-4-2-3-7-15-12)19(17,18)9-5-6-10(13)11(14)8-9/h2-8H,1H3. The number of pyridine rings is 1. The third-order valence-corrected chi connectivity index (χ3v) is 4.92. The van der Waals surface area contributed by atoms with Crippen molar-refractivity contribution in [3.63, 3.8) is 0 Å². The Hall–Kier alpha value is -1.47. The van der Waals surface area contributed by atoms with Crippen molar-refractivity contribution in [3.8, 4) is 0 Å². The first kappa shape index (κ1) is 14.0. The van der Waals surface area contributed by atoms with E-state index in [2.05, 4.69) is 20.9 Å². The number of anilines is 1. The molecule has 0 saturated heterocycles. The SMILES string of the molecule is CN(c1ccccn1)S(=O)(=O)c1ccc(Br)c(F)c1. The molecule has 0 fully saturated rings. The molecule has 1 heterocycles. The van der Waals surface area contributed by atoms with Crippen LogP contribution in [0, 0.1) is 5.82 Å². The fourth-order valence-electron chi connectivity index (χ4n) is 1.46. The van der Waals surface area contributed by atoms with Crippen LogP contribution in [0.25, 0.3) is 0 Å². The van der Waals surface area contributed by atoms with Crippen molar-refractivity contribution < 1.29 is 12.8 Å². The monoisotopic (exact) mass is 344 g/mol. The number of sulfonamides is 1. The fraction of sp³-hybridized carbons (Fsp3) is 0.0833. The van der Waals surface area contributed by atoms with E-state index < -0.39 is 15.8 Å². The van der Waals surface area contributed by atoms with Crippen molar-refractivity contribution in [3.05, 3.63) is 52.9 Å². The van der Waals surface area contributed by atoms with E-state index in [1.165, 1.54) is 25.4 Å². The van der Waals surface area contributed by atoms with Crippen LogP contribution in [0.1, 0.15) is 0 Å². The van der Waals surface area contributed by atoms with Gasteiger partial charge in [-0.15, -0.1) is 0 Å². The molecule has 0 N–H and O–H groups in total. The van der Waals surface area contributed by atoms with E-state index in [1.54, 1.807) is 18.2 Å². The summed E-state index contributed by atoms with van der Waals surface area (Å²) < 4.78 is 39.3. The average molecular weight is 345 g/mol. The van der Waals surface area contributed by atoms with Gasteiger partial charge in [0.15, 0.2) is 0 Å². The van der Waals surface area contributed by atoms with E-state index >= 15 is 0 Å². The van der Waals surface area contributed by atoms with E-state index in [4.69, 9.17) is 0 Å². The Morgan fingerprint density at radius 3 is 2.58 bits per heavy atom. The second-order valence-corrected chi connectivity index (χ2v) is 6.56. The molecule has 0 spiro atoms. The van der Waals surface area contributed by atoms with Crippen molar-refractivity contribution in [2.75, 3.05) is 11.4 Å². The molecule has 0 atom stereocenters. The minimum absolute atomic E-state index is 0.124. The molecule has 0 aliphatic rings. The molecule has 2 rings (SSSR count). The molecule has 7 heteroatoms. The van der Waals surface area contributed by atoms with E-state index in [-0.39, 0.29) is 15.2 Å². The van der Waals surface area contributed by atoms with Gasteiger partial charge in [-0.3, -0.25) is 4.31 Å². The quantitative estimate of drug-likeness (QED) is 0.860. The molecular formula is C12H10BrFN2O2S. The highest BCUT2D eigenvalue weighted by atomic mass is 79.9. The maximum Gasteiger partial charge on any atom is 0.265 e. The van der Waals surface area contributed by atoms with Crippen molar-refractivity contribution in [1.82, 2.24) is 4.98 Å². The second-order valence-electron chi connectivity index (χ2n) is 3.74. The van der Waals surface area contributed by atoms with Crippen LogP contribution in [0.3, 0.4) is 0 Å². The molecule has 1 aromatic heterocycles. The lowest BCUT2D eigenvalue weighted by molar-refractivity contribution is 0.587. The van der Waals surface area contributed by atoms with Gasteiger partial charge in [0.1, 0.15) is 11.6 Å². The molecule has 0 aliphatic heterocycles. The second kappa shape index (κ2) is 5.26. The summed E-state index contributed by atoms with van der Waals surface area (Å²) in [5.74, 6) is -0.360. The maximum atomic E-state index is 13.4. The number of nitrogens with zero attached hydrogens (tertiary/aromatic N) is 2. The topological polar surface area (TPSA) is 50.3 Å². The lowest BCUT2D eigenvalue weighted by atomic mass is 10.3. The lowest BCUT2D eigenvalue weighted by Gasteiger charge is -2.18. The fourth-order valence-corrected chi connectivity index (χ4v) is 2.87. The zero-order chi connectivity index (χ0) is 14.0. The number of halogens is 2. The van der Waals surface area contributed by atoms with Crippen LogP contribution in [0.5, 0.6) is 0 Å². The Kier molecular flexibility index (Phi) is 3.86. The molecule has 2 aromatic rings. The van der Waals surface area contributed by atoms with Gasteiger partial charge in [-0.25, -0.2) is 17.8 Å². The Balaban J connectivity index is 2.45. The van der Waals surface area contributed by atoms with Gasteiger partial charge in [-0.05, 0) is 46.3 Å². The molecule has 0 aliphatic carbocycles. The smallest absolute Gasteiger partial charge is 0.253 e. The Morgan fingerprint density at radius 1 is 1.26 bits per heavy atom. The van der Waals surface area contributed by atoms with Crippen LogP contribution in [0.4, 0.5) is 10.2 Å². The van der Waals surface area contributed by atoms with Gasteiger partial charge < -0.3 is 0 Å². The molecule has 0 amide bonds.